The van der Waals surface area contributed by atoms with Crippen molar-refractivity contribution in [2.75, 3.05) is 0 Å². The molecule has 0 heterocycles. The van der Waals surface area contributed by atoms with E-state index in [9.17, 15) is 8.78 Å². The quantitative estimate of drug-likeness (QED) is 0.374. The highest BCUT2D eigenvalue weighted by Gasteiger charge is 2.18. The molecule has 4 heteroatoms. The molecule has 1 aromatic carbocycles. The van der Waals surface area contributed by atoms with Gasteiger partial charge in [-0.05, 0) is 18.6 Å². The predicted octanol–water partition coefficient (Wildman–Crippen LogP) is 4.61. The molecule has 1 rings (SSSR count). The maximum absolute atomic E-state index is 13.7. The molecule has 0 radical (unpaired) electrons. The molecule has 1 aromatic rings. The van der Waals surface area contributed by atoms with Crippen LogP contribution in [0.2, 0.25) is 0 Å². The molecule has 1 unspecified atom stereocenters. The summed E-state index contributed by atoms with van der Waals surface area (Å²) in [6.07, 6.45) is 8.88. The Morgan fingerprint density at radius 2 is 1.55 bits per heavy atom. The van der Waals surface area contributed by atoms with Crippen molar-refractivity contribution in [2.45, 2.75) is 64.3 Å². The Labute approximate surface area is 120 Å². The second-order valence-corrected chi connectivity index (χ2v) is 5.26. The number of benzene rings is 1. The molecule has 114 valence electrons. The number of rotatable bonds is 10. The van der Waals surface area contributed by atoms with Gasteiger partial charge < -0.3 is 0 Å². The van der Waals surface area contributed by atoms with Crippen molar-refractivity contribution >= 4 is 0 Å². The van der Waals surface area contributed by atoms with Gasteiger partial charge >= 0.3 is 0 Å². The first kappa shape index (κ1) is 17.1. The van der Waals surface area contributed by atoms with E-state index in [0.717, 1.165) is 12.8 Å². The summed E-state index contributed by atoms with van der Waals surface area (Å²) in [5, 5.41) is 0. The minimum absolute atomic E-state index is 0.0565. The summed E-state index contributed by atoms with van der Waals surface area (Å²) < 4.78 is 27.3. The smallest absolute Gasteiger partial charge is 0.130 e. The number of hydrogen-bond donors (Lipinski definition) is 2. The predicted molar refractivity (Wildman–Crippen MR) is 79.0 cm³/mol. The Bertz CT molecular complexity index is 362. The summed E-state index contributed by atoms with van der Waals surface area (Å²) in [4.78, 5) is 0. The van der Waals surface area contributed by atoms with Crippen molar-refractivity contribution in [3.63, 3.8) is 0 Å². The van der Waals surface area contributed by atoms with Gasteiger partial charge in [0.25, 0.3) is 0 Å². The fourth-order valence-electron chi connectivity index (χ4n) is 2.46. The standard InChI is InChI=1S/C16H26F2N2/c1-2-3-4-5-6-7-8-12-15(20-19)16-13(17)10-9-11-14(16)18/h9-11,15,20H,2-8,12,19H2,1H3. The van der Waals surface area contributed by atoms with Crippen LogP contribution in [0.3, 0.4) is 0 Å². The van der Waals surface area contributed by atoms with Crippen LogP contribution in [-0.2, 0) is 0 Å². The van der Waals surface area contributed by atoms with Gasteiger partial charge in [-0.15, -0.1) is 0 Å². The van der Waals surface area contributed by atoms with E-state index in [2.05, 4.69) is 12.3 Å². The van der Waals surface area contributed by atoms with Gasteiger partial charge in [0.15, 0.2) is 0 Å². The zero-order valence-electron chi connectivity index (χ0n) is 12.3. The Balaban J connectivity index is 2.36. The summed E-state index contributed by atoms with van der Waals surface area (Å²) >= 11 is 0. The number of nitrogens with one attached hydrogen (secondary N) is 1. The molecule has 0 saturated heterocycles. The summed E-state index contributed by atoms with van der Waals surface area (Å²) in [7, 11) is 0. The van der Waals surface area contributed by atoms with Gasteiger partial charge in [0.1, 0.15) is 11.6 Å². The van der Waals surface area contributed by atoms with E-state index in [-0.39, 0.29) is 5.56 Å². The first-order valence-corrected chi connectivity index (χ1v) is 7.60. The van der Waals surface area contributed by atoms with Crippen LogP contribution in [0.1, 0.15) is 69.9 Å². The Morgan fingerprint density at radius 3 is 2.10 bits per heavy atom. The highest BCUT2D eigenvalue weighted by atomic mass is 19.1. The summed E-state index contributed by atoms with van der Waals surface area (Å²) in [5.74, 6) is 4.38. The monoisotopic (exact) mass is 284 g/mol. The van der Waals surface area contributed by atoms with Crippen LogP contribution in [0.4, 0.5) is 8.78 Å². The molecule has 0 fully saturated rings. The van der Waals surface area contributed by atoms with Crippen LogP contribution in [-0.4, -0.2) is 0 Å². The number of nitrogens with two attached hydrogens (primary N) is 1. The topological polar surface area (TPSA) is 38.0 Å². The number of hydrogen-bond acceptors (Lipinski definition) is 2. The minimum Gasteiger partial charge on any atom is -0.271 e. The van der Waals surface area contributed by atoms with Crippen LogP contribution in [0.5, 0.6) is 0 Å². The van der Waals surface area contributed by atoms with E-state index in [1.54, 1.807) is 0 Å². The molecule has 3 N–H and O–H groups in total. The fourth-order valence-corrected chi connectivity index (χ4v) is 2.46. The van der Waals surface area contributed by atoms with Crippen molar-refractivity contribution in [1.82, 2.24) is 5.43 Å². The summed E-state index contributed by atoms with van der Waals surface area (Å²) in [5.41, 5.74) is 2.59. The van der Waals surface area contributed by atoms with Gasteiger partial charge in [-0.3, -0.25) is 11.3 Å². The van der Waals surface area contributed by atoms with Gasteiger partial charge in [-0.1, -0.05) is 57.9 Å². The third-order valence-electron chi connectivity index (χ3n) is 3.65. The molecule has 20 heavy (non-hydrogen) atoms. The van der Waals surface area contributed by atoms with Gasteiger partial charge in [-0.25, -0.2) is 8.78 Å². The maximum atomic E-state index is 13.7. The van der Waals surface area contributed by atoms with E-state index in [1.165, 1.54) is 50.3 Å². The molecule has 0 spiro atoms. The van der Waals surface area contributed by atoms with Crippen molar-refractivity contribution < 1.29 is 8.78 Å². The van der Waals surface area contributed by atoms with Gasteiger partial charge in [0.05, 0.1) is 6.04 Å². The first-order valence-electron chi connectivity index (χ1n) is 7.60. The largest absolute Gasteiger partial charge is 0.271 e. The third-order valence-corrected chi connectivity index (χ3v) is 3.65. The van der Waals surface area contributed by atoms with Gasteiger partial charge in [0, 0.05) is 5.56 Å². The molecule has 0 amide bonds. The highest BCUT2D eigenvalue weighted by Crippen LogP contribution is 2.25. The molecule has 2 nitrogen and oxygen atoms in total. The Hall–Kier alpha value is -1.00. The Kier molecular flexibility index (Phi) is 8.38. The highest BCUT2D eigenvalue weighted by molar-refractivity contribution is 5.23. The second kappa shape index (κ2) is 9.83. The van der Waals surface area contributed by atoms with Gasteiger partial charge in [-0.2, -0.15) is 0 Å². The zero-order valence-corrected chi connectivity index (χ0v) is 12.3. The second-order valence-electron chi connectivity index (χ2n) is 5.26. The maximum Gasteiger partial charge on any atom is 0.130 e. The third kappa shape index (κ3) is 5.55. The molecule has 0 aromatic heterocycles. The average molecular weight is 284 g/mol. The number of halogens is 2. The molecule has 0 aliphatic heterocycles. The molecule has 0 bridgehead atoms. The van der Waals surface area contributed by atoms with Crippen LogP contribution >= 0.6 is 0 Å². The lowest BCUT2D eigenvalue weighted by Gasteiger charge is -2.17. The van der Waals surface area contributed by atoms with Crippen molar-refractivity contribution in [3.05, 3.63) is 35.4 Å². The van der Waals surface area contributed by atoms with E-state index in [4.69, 9.17) is 5.84 Å². The van der Waals surface area contributed by atoms with E-state index in [0.29, 0.717) is 6.42 Å². The SMILES string of the molecule is CCCCCCCCCC(NN)c1c(F)cccc1F. The normalized spacial score (nSPS) is 12.6. The number of unbranched alkanes of at least 4 members (excludes halogenated alkanes) is 6. The fraction of sp³-hybridized carbons (Fsp3) is 0.625. The molecule has 1 atom stereocenters. The number of hydrazine groups is 1. The van der Waals surface area contributed by atoms with E-state index < -0.39 is 17.7 Å². The van der Waals surface area contributed by atoms with E-state index in [1.807, 2.05) is 0 Å². The Morgan fingerprint density at radius 1 is 1.00 bits per heavy atom. The lowest BCUT2D eigenvalue weighted by molar-refractivity contribution is 0.434. The van der Waals surface area contributed by atoms with Crippen LogP contribution in [0.25, 0.3) is 0 Å². The zero-order chi connectivity index (χ0) is 14.8. The molecular formula is C16H26F2N2. The van der Waals surface area contributed by atoms with Crippen LogP contribution < -0.4 is 11.3 Å². The van der Waals surface area contributed by atoms with Crippen LogP contribution in [0.15, 0.2) is 18.2 Å². The summed E-state index contributed by atoms with van der Waals surface area (Å²) in [6.45, 7) is 2.19. The molecule has 0 aliphatic rings. The van der Waals surface area contributed by atoms with Crippen molar-refractivity contribution in [2.24, 2.45) is 5.84 Å². The molecular weight excluding hydrogens is 258 g/mol. The molecule has 0 saturated carbocycles. The van der Waals surface area contributed by atoms with Crippen LogP contribution in [0, 0.1) is 11.6 Å². The van der Waals surface area contributed by atoms with E-state index >= 15 is 0 Å². The molecule has 0 aliphatic carbocycles. The average Bonchev–Trinajstić information content (AvgIpc) is 2.44. The lowest BCUT2D eigenvalue weighted by atomic mass is 9.99. The van der Waals surface area contributed by atoms with Crippen molar-refractivity contribution in [3.8, 4) is 0 Å². The minimum atomic E-state index is -0.532. The first-order chi connectivity index (χ1) is 9.70. The summed E-state index contributed by atoms with van der Waals surface area (Å²) in [6, 6.07) is 3.46. The lowest BCUT2D eigenvalue weighted by Crippen LogP contribution is -2.29. The van der Waals surface area contributed by atoms with Gasteiger partial charge in [0.2, 0.25) is 0 Å². The van der Waals surface area contributed by atoms with Crippen molar-refractivity contribution in [1.29, 1.82) is 0 Å².